The number of hydrogen-bond acceptors (Lipinski definition) is 5. The minimum absolute atomic E-state index is 0.0565. The molecule has 0 atom stereocenters. The molecule has 0 N–H and O–H groups in total. The summed E-state index contributed by atoms with van der Waals surface area (Å²) < 4.78 is 10.4. The first-order valence-electron chi connectivity index (χ1n) is 9.78. The molecule has 3 aromatic rings. The molecule has 0 amide bonds. The van der Waals surface area contributed by atoms with Crippen LogP contribution in [0.2, 0.25) is 0 Å². The van der Waals surface area contributed by atoms with Gasteiger partial charge in [-0.05, 0) is 31.7 Å². The van der Waals surface area contributed by atoms with Gasteiger partial charge in [0.05, 0.1) is 36.8 Å². The Balaban J connectivity index is 1.89. The second-order valence-corrected chi connectivity index (χ2v) is 7.29. The van der Waals surface area contributed by atoms with Crippen LogP contribution in [0.1, 0.15) is 67.7 Å². The molecule has 1 aliphatic rings. The van der Waals surface area contributed by atoms with Crippen LogP contribution in [0.5, 0.6) is 0 Å². The summed E-state index contributed by atoms with van der Waals surface area (Å²) in [5.41, 5.74) is 2.45. The zero-order valence-corrected chi connectivity index (χ0v) is 16.5. The number of carbonyl (C=O) groups is 1. The van der Waals surface area contributed by atoms with Crippen LogP contribution >= 0.6 is 0 Å². The fourth-order valence-corrected chi connectivity index (χ4v) is 3.82. The van der Waals surface area contributed by atoms with Crippen LogP contribution in [0.15, 0.2) is 29.6 Å². The lowest BCUT2D eigenvalue weighted by Crippen LogP contribution is -2.28. The number of hydrogen-bond donors (Lipinski definition) is 0. The molecule has 148 valence electrons. The van der Waals surface area contributed by atoms with E-state index < -0.39 is 5.97 Å². The number of imidazole rings is 2. The molecule has 3 aromatic heterocycles. The molecule has 1 fully saturated rings. The van der Waals surface area contributed by atoms with E-state index in [4.69, 9.17) is 4.74 Å². The van der Waals surface area contributed by atoms with E-state index in [0.29, 0.717) is 29.3 Å². The van der Waals surface area contributed by atoms with E-state index in [1.165, 1.54) is 13.3 Å². The SMILES string of the molecule is CCC(CC)n1c(=O)n(Cc2cncn2C2CC2)c2cc(C(=O)OC)cnc21. The number of rotatable bonds is 7. The highest BCUT2D eigenvalue weighted by Gasteiger charge is 2.27. The minimum atomic E-state index is -0.466. The molecule has 0 aliphatic heterocycles. The van der Waals surface area contributed by atoms with E-state index in [9.17, 15) is 9.59 Å². The Morgan fingerprint density at radius 1 is 1.29 bits per heavy atom. The Bertz CT molecular complexity index is 1070. The largest absolute Gasteiger partial charge is 0.465 e. The van der Waals surface area contributed by atoms with Gasteiger partial charge in [-0.15, -0.1) is 0 Å². The maximum absolute atomic E-state index is 13.4. The third kappa shape index (κ3) is 3.02. The third-order valence-corrected chi connectivity index (χ3v) is 5.54. The second kappa shape index (κ2) is 7.26. The highest BCUT2D eigenvalue weighted by molar-refractivity contribution is 5.92. The predicted molar refractivity (Wildman–Crippen MR) is 105 cm³/mol. The van der Waals surface area contributed by atoms with Crippen molar-refractivity contribution >= 4 is 17.1 Å². The van der Waals surface area contributed by atoms with E-state index in [1.807, 2.05) is 12.5 Å². The molecule has 8 nitrogen and oxygen atoms in total. The summed E-state index contributed by atoms with van der Waals surface area (Å²) in [6, 6.07) is 2.23. The molecule has 0 radical (unpaired) electrons. The van der Waals surface area contributed by atoms with E-state index >= 15 is 0 Å². The fourth-order valence-electron chi connectivity index (χ4n) is 3.82. The van der Waals surface area contributed by atoms with Crippen LogP contribution < -0.4 is 5.69 Å². The number of methoxy groups -OCH3 is 1. The quantitative estimate of drug-likeness (QED) is 0.586. The number of pyridine rings is 1. The lowest BCUT2D eigenvalue weighted by Gasteiger charge is -2.13. The second-order valence-electron chi connectivity index (χ2n) is 7.29. The standard InChI is InChI=1S/C20H25N5O3/c1-4-14(5-2)25-18-17(8-13(9-22-18)19(26)28-3)23(20(25)27)11-16-10-21-12-24(16)15-6-7-15/h8-10,12,14-15H,4-7,11H2,1-3H3. The van der Waals surface area contributed by atoms with Gasteiger partial charge in [0.2, 0.25) is 0 Å². The highest BCUT2D eigenvalue weighted by atomic mass is 16.5. The normalized spacial score (nSPS) is 14.1. The maximum atomic E-state index is 13.4. The number of ether oxygens (including phenoxy) is 1. The summed E-state index contributed by atoms with van der Waals surface area (Å²) >= 11 is 0. The van der Waals surface area contributed by atoms with Crippen LogP contribution in [0.4, 0.5) is 0 Å². The number of aromatic nitrogens is 5. The Kier molecular flexibility index (Phi) is 4.78. The molecule has 28 heavy (non-hydrogen) atoms. The van der Waals surface area contributed by atoms with Crippen molar-refractivity contribution in [2.45, 2.75) is 58.2 Å². The van der Waals surface area contributed by atoms with E-state index in [2.05, 4.69) is 28.4 Å². The minimum Gasteiger partial charge on any atom is -0.465 e. The van der Waals surface area contributed by atoms with Gasteiger partial charge in [-0.3, -0.25) is 9.13 Å². The van der Waals surface area contributed by atoms with Gasteiger partial charge in [0.1, 0.15) is 0 Å². The van der Waals surface area contributed by atoms with Gasteiger partial charge < -0.3 is 9.30 Å². The molecule has 0 bridgehead atoms. The highest BCUT2D eigenvalue weighted by Crippen LogP contribution is 2.35. The predicted octanol–water partition coefficient (Wildman–Crippen LogP) is 2.93. The number of nitrogens with zero attached hydrogens (tertiary/aromatic N) is 5. The zero-order chi connectivity index (χ0) is 19.8. The molecule has 8 heteroatoms. The van der Waals surface area contributed by atoms with Gasteiger partial charge in [-0.1, -0.05) is 13.8 Å². The molecule has 0 aromatic carbocycles. The van der Waals surface area contributed by atoms with Gasteiger partial charge in [0, 0.05) is 24.5 Å². The van der Waals surface area contributed by atoms with Crippen molar-refractivity contribution in [3.8, 4) is 0 Å². The molecule has 1 saturated carbocycles. The first-order valence-corrected chi connectivity index (χ1v) is 9.78. The van der Waals surface area contributed by atoms with Gasteiger partial charge in [-0.25, -0.2) is 19.6 Å². The smallest absolute Gasteiger partial charge is 0.339 e. The number of esters is 1. The number of carbonyl (C=O) groups excluding carboxylic acids is 1. The van der Waals surface area contributed by atoms with Crippen molar-refractivity contribution in [1.29, 1.82) is 0 Å². The monoisotopic (exact) mass is 383 g/mol. The summed E-state index contributed by atoms with van der Waals surface area (Å²) in [4.78, 5) is 34.1. The van der Waals surface area contributed by atoms with E-state index in [0.717, 1.165) is 31.4 Å². The molecule has 1 aliphatic carbocycles. The summed E-state index contributed by atoms with van der Waals surface area (Å²) in [6.45, 7) is 4.52. The first-order chi connectivity index (χ1) is 13.6. The van der Waals surface area contributed by atoms with Gasteiger partial charge in [0.15, 0.2) is 5.65 Å². The molecule has 0 unspecified atom stereocenters. The van der Waals surface area contributed by atoms with Crippen molar-refractivity contribution in [2.75, 3.05) is 7.11 Å². The summed E-state index contributed by atoms with van der Waals surface area (Å²) in [5, 5.41) is 0. The average molecular weight is 383 g/mol. The molecular weight excluding hydrogens is 358 g/mol. The van der Waals surface area contributed by atoms with Crippen molar-refractivity contribution in [1.82, 2.24) is 23.7 Å². The van der Waals surface area contributed by atoms with E-state index in [1.54, 1.807) is 15.2 Å². The molecule has 3 heterocycles. The zero-order valence-electron chi connectivity index (χ0n) is 16.5. The van der Waals surface area contributed by atoms with Crippen molar-refractivity contribution in [3.05, 3.63) is 46.5 Å². The Morgan fingerprint density at radius 2 is 2.04 bits per heavy atom. The van der Waals surface area contributed by atoms with Crippen LogP contribution in [0.3, 0.4) is 0 Å². The third-order valence-electron chi connectivity index (χ3n) is 5.54. The fraction of sp³-hybridized carbons (Fsp3) is 0.500. The van der Waals surface area contributed by atoms with Gasteiger partial charge in [-0.2, -0.15) is 0 Å². The Labute approximate surface area is 162 Å². The van der Waals surface area contributed by atoms with Crippen LogP contribution in [-0.4, -0.2) is 36.7 Å². The lowest BCUT2D eigenvalue weighted by atomic mass is 10.1. The van der Waals surface area contributed by atoms with Crippen LogP contribution in [0, 0.1) is 0 Å². The van der Waals surface area contributed by atoms with E-state index in [-0.39, 0.29) is 11.7 Å². The molecule has 0 spiro atoms. The summed E-state index contributed by atoms with van der Waals surface area (Å²) in [5.74, 6) is -0.466. The Hall–Kier alpha value is -2.90. The number of fused-ring (bicyclic) bond motifs is 1. The van der Waals surface area contributed by atoms with Crippen LogP contribution in [0.25, 0.3) is 11.2 Å². The lowest BCUT2D eigenvalue weighted by molar-refractivity contribution is 0.0600. The molecule has 0 saturated heterocycles. The van der Waals surface area contributed by atoms with Crippen molar-refractivity contribution in [2.24, 2.45) is 0 Å². The summed E-state index contributed by atoms with van der Waals surface area (Å²) in [6.07, 6.45) is 9.06. The molecular formula is C20H25N5O3. The van der Waals surface area contributed by atoms with Crippen LogP contribution in [-0.2, 0) is 11.3 Å². The van der Waals surface area contributed by atoms with Crippen molar-refractivity contribution < 1.29 is 9.53 Å². The Morgan fingerprint density at radius 3 is 2.68 bits per heavy atom. The molecule has 4 rings (SSSR count). The summed E-state index contributed by atoms with van der Waals surface area (Å²) in [7, 11) is 1.34. The average Bonchev–Trinajstić information content (AvgIpc) is 3.40. The van der Waals surface area contributed by atoms with Gasteiger partial charge >= 0.3 is 11.7 Å². The topological polar surface area (TPSA) is 83.9 Å². The van der Waals surface area contributed by atoms with Gasteiger partial charge in [0.25, 0.3) is 0 Å². The first kappa shape index (κ1) is 18.5. The maximum Gasteiger partial charge on any atom is 0.339 e. The van der Waals surface area contributed by atoms with Crippen molar-refractivity contribution in [3.63, 3.8) is 0 Å².